The van der Waals surface area contributed by atoms with Crippen LogP contribution >= 0.6 is 0 Å². The minimum Gasteiger partial charge on any atom is -0.356 e. The summed E-state index contributed by atoms with van der Waals surface area (Å²) in [6.07, 6.45) is 0. The number of likely N-dealkylation sites (tertiary alicyclic amines) is 1. The lowest BCUT2D eigenvalue weighted by Crippen LogP contribution is -2.72. The van der Waals surface area contributed by atoms with Crippen LogP contribution in [0, 0.1) is 5.41 Å². The Bertz CT molecular complexity index is 727. The van der Waals surface area contributed by atoms with Gasteiger partial charge in [0.15, 0.2) is 5.96 Å². The van der Waals surface area contributed by atoms with Gasteiger partial charge in [0.25, 0.3) is 0 Å². The topological polar surface area (TPSA) is 73.8 Å². The lowest BCUT2D eigenvalue weighted by Gasteiger charge is -2.62. The number of hydrogen-bond acceptors (Lipinski definition) is 3. The molecular formula is C19H32N4O2S. The SMILES string of the molecule is CCNC(=NCCS(=O)(=O)NCc1ccccc1)N1CC(C)(C)C1(C)C. The van der Waals surface area contributed by atoms with Crippen molar-refractivity contribution in [1.29, 1.82) is 0 Å². The highest BCUT2D eigenvalue weighted by atomic mass is 32.2. The highest BCUT2D eigenvalue weighted by Gasteiger charge is 2.53. The quantitative estimate of drug-likeness (QED) is 0.562. The maximum Gasteiger partial charge on any atom is 0.213 e. The molecule has 146 valence electrons. The van der Waals surface area contributed by atoms with Crippen molar-refractivity contribution in [2.24, 2.45) is 10.4 Å². The molecule has 2 N–H and O–H groups in total. The second kappa shape index (κ2) is 7.96. The van der Waals surface area contributed by atoms with Gasteiger partial charge in [0, 0.05) is 30.6 Å². The Labute approximate surface area is 158 Å². The molecule has 0 atom stereocenters. The average Bonchev–Trinajstić information content (AvgIpc) is 2.58. The molecule has 1 aromatic carbocycles. The molecule has 0 bridgehead atoms. The summed E-state index contributed by atoms with van der Waals surface area (Å²) < 4.78 is 27.1. The molecule has 1 fully saturated rings. The molecule has 1 aliphatic heterocycles. The molecule has 0 spiro atoms. The van der Waals surface area contributed by atoms with Crippen molar-refractivity contribution in [3.8, 4) is 0 Å². The summed E-state index contributed by atoms with van der Waals surface area (Å²) in [6.45, 7) is 13.1. The Morgan fingerprint density at radius 3 is 2.38 bits per heavy atom. The van der Waals surface area contributed by atoms with Gasteiger partial charge in [0.05, 0.1) is 12.3 Å². The van der Waals surface area contributed by atoms with Crippen molar-refractivity contribution in [1.82, 2.24) is 14.9 Å². The fourth-order valence-electron chi connectivity index (χ4n) is 2.93. The highest BCUT2D eigenvalue weighted by molar-refractivity contribution is 7.89. The van der Waals surface area contributed by atoms with Gasteiger partial charge < -0.3 is 10.2 Å². The van der Waals surface area contributed by atoms with Crippen LogP contribution in [0.4, 0.5) is 0 Å². The minimum absolute atomic E-state index is 0.0154. The molecule has 0 radical (unpaired) electrons. The van der Waals surface area contributed by atoms with Gasteiger partial charge in [-0.3, -0.25) is 4.99 Å². The number of guanidine groups is 1. The Kier molecular flexibility index (Phi) is 6.34. The first-order chi connectivity index (χ1) is 12.1. The minimum atomic E-state index is -3.36. The first kappa shape index (κ1) is 20.7. The molecule has 2 rings (SSSR count). The third kappa shape index (κ3) is 4.76. The molecule has 7 heteroatoms. The first-order valence-electron chi connectivity index (χ1n) is 9.16. The van der Waals surface area contributed by atoms with E-state index >= 15 is 0 Å². The summed E-state index contributed by atoms with van der Waals surface area (Å²) in [4.78, 5) is 6.77. The van der Waals surface area contributed by atoms with E-state index in [-0.39, 0.29) is 23.3 Å². The number of rotatable bonds is 7. The second-order valence-corrected chi connectivity index (χ2v) is 9.82. The van der Waals surface area contributed by atoms with E-state index in [1.54, 1.807) is 0 Å². The number of benzene rings is 1. The van der Waals surface area contributed by atoms with E-state index in [0.29, 0.717) is 6.54 Å². The van der Waals surface area contributed by atoms with E-state index in [2.05, 4.69) is 47.6 Å². The molecule has 0 aromatic heterocycles. The van der Waals surface area contributed by atoms with Gasteiger partial charge in [-0.1, -0.05) is 44.2 Å². The van der Waals surface area contributed by atoms with Crippen molar-refractivity contribution < 1.29 is 8.42 Å². The maximum absolute atomic E-state index is 12.2. The predicted molar refractivity (Wildman–Crippen MR) is 108 cm³/mol. The zero-order chi connectivity index (χ0) is 19.4. The van der Waals surface area contributed by atoms with Crippen molar-refractivity contribution in [3.63, 3.8) is 0 Å². The van der Waals surface area contributed by atoms with E-state index in [0.717, 1.165) is 24.6 Å². The number of sulfonamides is 1. The van der Waals surface area contributed by atoms with Crippen LogP contribution in [0.2, 0.25) is 0 Å². The van der Waals surface area contributed by atoms with Gasteiger partial charge >= 0.3 is 0 Å². The Hall–Kier alpha value is -1.60. The summed E-state index contributed by atoms with van der Waals surface area (Å²) >= 11 is 0. The molecule has 0 amide bonds. The Morgan fingerprint density at radius 1 is 1.19 bits per heavy atom. The maximum atomic E-state index is 12.2. The van der Waals surface area contributed by atoms with Crippen LogP contribution in [0.15, 0.2) is 35.3 Å². The number of aliphatic imine (C=N–C) groups is 1. The van der Waals surface area contributed by atoms with E-state index in [4.69, 9.17) is 0 Å². The van der Waals surface area contributed by atoms with E-state index in [1.807, 2.05) is 37.3 Å². The molecular weight excluding hydrogens is 348 g/mol. The molecule has 1 saturated heterocycles. The third-order valence-electron chi connectivity index (χ3n) is 5.44. The van der Waals surface area contributed by atoms with Crippen molar-refractivity contribution in [2.45, 2.75) is 46.7 Å². The summed E-state index contributed by atoms with van der Waals surface area (Å²) in [5.41, 5.74) is 1.13. The second-order valence-electron chi connectivity index (χ2n) is 7.89. The fourth-order valence-corrected chi connectivity index (χ4v) is 3.79. The molecule has 0 saturated carbocycles. The molecule has 1 aromatic rings. The number of nitrogens with zero attached hydrogens (tertiary/aromatic N) is 2. The number of hydrogen-bond donors (Lipinski definition) is 2. The third-order valence-corrected chi connectivity index (χ3v) is 6.74. The average molecular weight is 381 g/mol. The van der Waals surface area contributed by atoms with Crippen molar-refractivity contribution in [3.05, 3.63) is 35.9 Å². The fraction of sp³-hybridized carbons (Fsp3) is 0.632. The summed E-state index contributed by atoms with van der Waals surface area (Å²) in [5.74, 6) is 0.766. The largest absolute Gasteiger partial charge is 0.356 e. The molecule has 0 aliphatic carbocycles. The van der Waals surface area contributed by atoms with Crippen LogP contribution < -0.4 is 10.0 Å². The van der Waals surface area contributed by atoms with Gasteiger partial charge in [-0.25, -0.2) is 13.1 Å². The summed E-state index contributed by atoms with van der Waals surface area (Å²) in [5, 5.41) is 3.28. The Morgan fingerprint density at radius 2 is 1.85 bits per heavy atom. The lowest BCUT2D eigenvalue weighted by atomic mass is 9.65. The highest BCUT2D eigenvalue weighted by Crippen LogP contribution is 2.46. The Balaban J connectivity index is 1.93. The molecule has 26 heavy (non-hydrogen) atoms. The van der Waals surface area contributed by atoms with Gasteiger partial charge in [-0.15, -0.1) is 0 Å². The predicted octanol–water partition coefficient (Wildman–Crippen LogP) is 2.19. The van der Waals surface area contributed by atoms with Gasteiger partial charge in [0.1, 0.15) is 0 Å². The monoisotopic (exact) mass is 380 g/mol. The molecule has 6 nitrogen and oxygen atoms in total. The number of nitrogens with one attached hydrogen (secondary N) is 2. The van der Waals surface area contributed by atoms with Crippen LogP contribution in [0.1, 0.15) is 40.2 Å². The summed E-state index contributed by atoms with van der Waals surface area (Å²) in [6, 6.07) is 9.50. The molecule has 1 aliphatic rings. The van der Waals surface area contributed by atoms with Gasteiger partial charge in [-0.2, -0.15) is 0 Å². The zero-order valence-electron chi connectivity index (χ0n) is 16.5. The first-order valence-corrected chi connectivity index (χ1v) is 10.8. The van der Waals surface area contributed by atoms with E-state index in [1.165, 1.54) is 0 Å². The molecule has 0 unspecified atom stereocenters. The van der Waals surface area contributed by atoms with Crippen LogP contribution in [0.5, 0.6) is 0 Å². The van der Waals surface area contributed by atoms with Crippen molar-refractivity contribution >= 4 is 16.0 Å². The molecule has 1 heterocycles. The van der Waals surface area contributed by atoms with Crippen molar-refractivity contribution in [2.75, 3.05) is 25.4 Å². The van der Waals surface area contributed by atoms with Crippen LogP contribution in [0.3, 0.4) is 0 Å². The smallest absolute Gasteiger partial charge is 0.213 e. The van der Waals surface area contributed by atoms with Gasteiger partial charge in [-0.05, 0) is 26.3 Å². The zero-order valence-corrected chi connectivity index (χ0v) is 17.4. The van der Waals surface area contributed by atoms with Crippen LogP contribution in [0.25, 0.3) is 0 Å². The van der Waals surface area contributed by atoms with Crippen LogP contribution in [-0.4, -0.2) is 50.2 Å². The standard InChI is InChI=1S/C19H32N4O2S/c1-6-20-17(23-15-18(2,3)19(23,4)5)21-12-13-26(24,25)22-14-16-10-8-7-9-11-16/h7-11,22H,6,12-15H2,1-5H3,(H,20,21). The normalized spacial score (nSPS) is 19.1. The summed E-state index contributed by atoms with van der Waals surface area (Å²) in [7, 11) is -3.36. The van der Waals surface area contributed by atoms with Crippen LogP contribution in [-0.2, 0) is 16.6 Å². The van der Waals surface area contributed by atoms with E-state index < -0.39 is 10.0 Å². The lowest BCUT2D eigenvalue weighted by molar-refractivity contribution is -0.0667. The van der Waals surface area contributed by atoms with E-state index in [9.17, 15) is 8.42 Å². The van der Waals surface area contributed by atoms with Gasteiger partial charge in [0.2, 0.25) is 10.0 Å².